The van der Waals surface area contributed by atoms with Gasteiger partial charge in [0.1, 0.15) is 0 Å². The second-order valence-corrected chi connectivity index (χ2v) is 4.71. The molecule has 1 saturated carbocycles. The fourth-order valence-electron chi connectivity index (χ4n) is 2.61. The maximum atomic E-state index is 5.50. The van der Waals surface area contributed by atoms with Crippen molar-refractivity contribution in [3.8, 4) is 0 Å². The Morgan fingerprint density at radius 1 is 1.38 bits per heavy atom. The lowest BCUT2D eigenvalue weighted by atomic mass is 9.95. The van der Waals surface area contributed by atoms with Crippen LogP contribution in [0.1, 0.15) is 19.3 Å². The van der Waals surface area contributed by atoms with Crippen molar-refractivity contribution in [2.45, 2.75) is 30.8 Å². The van der Waals surface area contributed by atoms with Crippen LogP contribution in [-0.4, -0.2) is 49.3 Å². The van der Waals surface area contributed by atoms with E-state index in [1.54, 1.807) is 0 Å². The molecule has 0 radical (unpaired) electrons. The molecule has 1 atom stereocenters. The molecule has 1 spiro atoms. The second kappa shape index (κ2) is 2.94. The first-order valence-electron chi connectivity index (χ1n) is 5.45. The lowest BCUT2D eigenvalue weighted by Crippen LogP contribution is -2.61. The molecular formula is C10H18N2O. The molecule has 2 aliphatic heterocycles. The van der Waals surface area contributed by atoms with E-state index in [4.69, 9.17) is 4.74 Å². The molecule has 0 unspecified atom stereocenters. The standard InChI is InChI=1S/C10H18N2O/c1-2-9(1)12-5-4-11-10(7-12)3-6-13-8-10/h9,11H,1-8H2/t10-/m0/s1. The maximum Gasteiger partial charge on any atom is 0.0661 e. The first-order chi connectivity index (χ1) is 6.38. The summed E-state index contributed by atoms with van der Waals surface area (Å²) in [5.41, 5.74) is 0.320. The summed E-state index contributed by atoms with van der Waals surface area (Å²) in [4.78, 5) is 2.66. The van der Waals surface area contributed by atoms with Gasteiger partial charge in [0.15, 0.2) is 0 Å². The van der Waals surface area contributed by atoms with Crippen molar-refractivity contribution in [1.82, 2.24) is 10.2 Å². The van der Waals surface area contributed by atoms with Gasteiger partial charge in [0.25, 0.3) is 0 Å². The van der Waals surface area contributed by atoms with Gasteiger partial charge in [-0.15, -0.1) is 0 Å². The Bertz CT molecular complexity index is 197. The molecule has 0 aromatic rings. The molecule has 3 rings (SSSR count). The van der Waals surface area contributed by atoms with E-state index < -0.39 is 0 Å². The number of hydrogen-bond donors (Lipinski definition) is 1. The minimum absolute atomic E-state index is 0.320. The largest absolute Gasteiger partial charge is 0.379 e. The smallest absolute Gasteiger partial charge is 0.0661 e. The molecule has 0 aromatic carbocycles. The summed E-state index contributed by atoms with van der Waals surface area (Å²) in [7, 11) is 0. The van der Waals surface area contributed by atoms with E-state index in [0.717, 1.165) is 25.8 Å². The molecule has 3 nitrogen and oxygen atoms in total. The summed E-state index contributed by atoms with van der Waals surface area (Å²) in [6.07, 6.45) is 4.06. The van der Waals surface area contributed by atoms with E-state index in [2.05, 4.69) is 10.2 Å². The van der Waals surface area contributed by atoms with Crippen LogP contribution in [0.4, 0.5) is 0 Å². The summed E-state index contributed by atoms with van der Waals surface area (Å²) in [5, 5.41) is 3.64. The van der Waals surface area contributed by atoms with Crippen molar-refractivity contribution in [1.29, 1.82) is 0 Å². The summed E-state index contributed by atoms with van der Waals surface area (Å²) in [5.74, 6) is 0. The van der Waals surface area contributed by atoms with Crippen LogP contribution in [0.5, 0.6) is 0 Å². The Balaban J connectivity index is 1.68. The third-order valence-electron chi connectivity index (χ3n) is 3.57. The molecule has 0 bridgehead atoms. The van der Waals surface area contributed by atoms with Crippen LogP contribution in [0.15, 0.2) is 0 Å². The Labute approximate surface area is 79.4 Å². The van der Waals surface area contributed by atoms with Crippen molar-refractivity contribution in [3.05, 3.63) is 0 Å². The van der Waals surface area contributed by atoms with Gasteiger partial charge in [-0.1, -0.05) is 0 Å². The van der Waals surface area contributed by atoms with Gasteiger partial charge < -0.3 is 10.1 Å². The number of rotatable bonds is 1. The molecular weight excluding hydrogens is 164 g/mol. The van der Waals surface area contributed by atoms with Crippen molar-refractivity contribution in [2.75, 3.05) is 32.8 Å². The Morgan fingerprint density at radius 3 is 3.00 bits per heavy atom. The van der Waals surface area contributed by atoms with Gasteiger partial charge in [0, 0.05) is 32.3 Å². The molecule has 1 N–H and O–H groups in total. The summed E-state index contributed by atoms with van der Waals surface area (Å²) < 4.78 is 5.50. The summed E-state index contributed by atoms with van der Waals surface area (Å²) >= 11 is 0. The summed E-state index contributed by atoms with van der Waals surface area (Å²) in [6, 6.07) is 0.916. The van der Waals surface area contributed by atoms with Gasteiger partial charge in [-0.05, 0) is 19.3 Å². The zero-order valence-corrected chi connectivity index (χ0v) is 8.09. The highest BCUT2D eigenvalue weighted by atomic mass is 16.5. The van der Waals surface area contributed by atoms with Gasteiger partial charge in [-0.25, -0.2) is 0 Å². The average Bonchev–Trinajstić information content (AvgIpc) is 2.91. The quantitative estimate of drug-likeness (QED) is 0.627. The van der Waals surface area contributed by atoms with E-state index in [1.807, 2.05) is 0 Å². The average molecular weight is 182 g/mol. The Kier molecular flexibility index (Phi) is 1.86. The maximum absolute atomic E-state index is 5.50. The van der Waals surface area contributed by atoms with Gasteiger partial charge >= 0.3 is 0 Å². The number of nitrogens with one attached hydrogen (secondary N) is 1. The van der Waals surface area contributed by atoms with Crippen molar-refractivity contribution in [3.63, 3.8) is 0 Å². The third kappa shape index (κ3) is 1.49. The third-order valence-corrected chi connectivity index (χ3v) is 3.57. The van der Waals surface area contributed by atoms with E-state index in [1.165, 1.54) is 32.4 Å². The highest BCUT2D eigenvalue weighted by Crippen LogP contribution is 2.31. The van der Waals surface area contributed by atoms with Crippen LogP contribution in [0.2, 0.25) is 0 Å². The molecule has 13 heavy (non-hydrogen) atoms. The number of hydrogen-bond acceptors (Lipinski definition) is 3. The first kappa shape index (κ1) is 8.21. The highest BCUT2D eigenvalue weighted by molar-refractivity contribution is 5.00. The minimum Gasteiger partial charge on any atom is -0.379 e. The lowest BCUT2D eigenvalue weighted by Gasteiger charge is -2.40. The zero-order chi connectivity index (χ0) is 8.73. The first-order valence-corrected chi connectivity index (χ1v) is 5.45. The van der Waals surface area contributed by atoms with E-state index >= 15 is 0 Å². The van der Waals surface area contributed by atoms with Gasteiger partial charge in [0.05, 0.1) is 12.1 Å². The van der Waals surface area contributed by atoms with Gasteiger partial charge in [0.2, 0.25) is 0 Å². The van der Waals surface area contributed by atoms with Gasteiger partial charge in [-0.2, -0.15) is 0 Å². The molecule has 3 aliphatic rings. The predicted molar refractivity (Wildman–Crippen MR) is 50.8 cm³/mol. The predicted octanol–water partition coefficient (Wildman–Crippen LogP) is 0.213. The highest BCUT2D eigenvalue weighted by Gasteiger charge is 2.42. The van der Waals surface area contributed by atoms with Crippen LogP contribution in [0, 0.1) is 0 Å². The number of nitrogens with zero attached hydrogens (tertiary/aromatic N) is 1. The van der Waals surface area contributed by atoms with Crippen LogP contribution in [0.3, 0.4) is 0 Å². The van der Waals surface area contributed by atoms with E-state index in [9.17, 15) is 0 Å². The topological polar surface area (TPSA) is 24.5 Å². The molecule has 0 aromatic heterocycles. The molecule has 3 fully saturated rings. The molecule has 74 valence electrons. The van der Waals surface area contributed by atoms with Gasteiger partial charge in [-0.3, -0.25) is 4.90 Å². The van der Waals surface area contributed by atoms with Crippen molar-refractivity contribution < 1.29 is 4.74 Å². The monoisotopic (exact) mass is 182 g/mol. The van der Waals surface area contributed by atoms with E-state index in [-0.39, 0.29) is 0 Å². The summed E-state index contributed by atoms with van der Waals surface area (Å²) in [6.45, 7) is 5.49. The van der Waals surface area contributed by atoms with Crippen LogP contribution >= 0.6 is 0 Å². The SMILES string of the molecule is C1CN(C2CC2)C[C@]2(CCOC2)N1. The Hall–Kier alpha value is -0.120. The van der Waals surface area contributed by atoms with Crippen LogP contribution in [0.25, 0.3) is 0 Å². The van der Waals surface area contributed by atoms with Crippen molar-refractivity contribution >= 4 is 0 Å². The van der Waals surface area contributed by atoms with Crippen LogP contribution < -0.4 is 5.32 Å². The van der Waals surface area contributed by atoms with Crippen molar-refractivity contribution in [2.24, 2.45) is 0 Å². The number of ether oxygens (including phenoxy) is 1. The fourth-order valence-corrected chi connectivity index (χ4v) is 2.61. The second-order valence-electron chi connectivity index (χ2n) is 4.71. The zero-order valence-electron chi connectivity index (χ0n) is 8.09. The Morgan fingerprint density at radius 2 is 2.31 bits per heavy atom. The molecule has 2 heterocycles. The lowest BCUT2D eigenvalue weighted by molar-refractivity contribution is 0.100. The van der Waals surface area contributed by atoms with E-state index in [0.29, 0.717) is 5.54 Å². The van der Waals surface area contributed by atoms with Crippen LogP contribution in [-0.2, 0) is 4.74 Å². The minimum atomic E-state index is 0.320. The number of piperazine rings is 1. The fraction of sp³-hybridized carbons (Fsp3) is 1.00. The molecule has 3 heteroatoms. The normalized spacial score (nSPS) is 41.5. The molecule has 2 saturated heterocycles. The molecule has 1 aliphatic carbocycles. The molecule has 0 amide bonds.